The van der Waals surface area contributed by atoms with Crippen LogP contribution < -0.4 is 10.6 Å². The molecule has 1 heterocycles. The highest BCUT2D eigenvalue weighted by molar-refractivity contribution is 5.94. The summed E-state index contributed by atoms with van der Waals surface area (Å²) in [5, 5.41) is 6.19. The molecule has 0 radical (unpaired) electrons. The Bertz CT molecular complexity index is 375. The highest BCUT2D eigenvalue weighted by atomic mass is 35.5. The Kier molecular flexibility index (Phi) is 5.45. The van der Waals surface area contributed by atoms with Gasteiger partial charge in [-0.3, -0.25) is 4.79 Å². The molecular weight excluding hydrogens is 236 g/mol. The van der Waals surface area contributed by atoms with Crippen LogP contribution >= 0.6 is 12.4 Å². The number of piperidine rings is 1. The molecule has 94 valence electrons. The van der Waals surface area contributed by atoms with Gasteiger partial charge in [-0.1, -0.05) is 18.6 Å². The predicted octanol–water partition coefficient (Wildman–Crippen LogP) is 2.50. The summed E-state index contributed by atoms with van der Waals surface area (Å²) in [6.45, 7) is 2.97. The van der Waals surface area contributed by atoms with E-state index in [-0.39, 0.29) is 24.4 Å². The smallest absolute Gasteiger partial charge is 0.241 e. The van der Waals surface area contributed by atoms with Crippen LogP contribution in [0.15, 0.2) is 24.3 Å². The zero-order valence-electron chi connectivity index (χ0n) is 10.0. The van der Waals surface area contributed by atoms with Crippen molar-refractivity contribution in [3.8, 4) is 0 Å². The highest BCUT2D eigenvalue weighted by Gasteiger charge is 2.20. The first kappa shape index (κ1) is 14.0. The number of carbonyl (C=O) groups is 1. The van der Waals surface area contributed by atoms with Crippen LogP contribution in [-0.4, -0.2) is 18.5 Å². The van der Waals surface area contributed by atoms with Crippen LogP contribution in [0.3, 0.4) is 0 Å². The molecule has 2 rings (SSSR count). The van der Waals surface area contributed by atoms with Gasteiger partial charge in [0.2, 0.25) is 5.91 Å². The van der Waals surface area contributed by atoms with E-state index in [1.54, 1.807) is 0 Å². The number of hydrogen-bond donors (Lipinski definition) is 2. The molecule has 0 aliphatic carbocycles. The van der Waals surface area contributed by atoms with Gasteiger partial charge in [0.1, 0.15) is 0 Å². The normalized spacial score (nSPS) is 19.2. The van der Waals surface area contributed by atoms with Gasteiger partial charge in [0.25, 0.3) is 0 Å². The van der Waals surface area contributed by atoms with E-state index in [0.29, 0.717) is 0 Å². The number of benzene rings is 1. The average Bonchev–Trinajstić information content (AvgIpc) is 2.30. The Morgan fingerprint density at radius 3 is 2.88 bits per heavy atom. The number of anilines is 1. The van der Waals surface area contributed by atoms with Gasteiger partial charge in [0.15, 0.2) is 0 Å². The number of hydrogen-bond acceptors (Lipinski definition) is 2. The standard InChI is InChI=1S/C13H18N2O.ClH/c1-10-5-4-6-11(9-10)15-13(16)12-7-2-3-8-14-12;/h4-6,9,12,14H,2-3,7-8H2,1H3,(H,15,16);1H/t12-;/m1./s1. The Morgan fingerprint density at radius 1 is 1.41 bits per heavy atom. The Balaban J connectivity index is 0.00000144. The molecule has 1 aromatic rings. The zero-order chi connectivity index (χ0) is 11.4. The zero-order valence-corrected chi connectivity index (χ0v) is 10.8. The van der Waals surface area contributed by atoms with Gasteiger partial charge in [0.05, 0.1) is 6.04 Å². The van der Waals surface area contributed by atoms with E-state index < -0.39 is 0 Å². The second-order valence-electron chi connectivity index (χ2n) is 4.36. The third kappa shape index (κ3) is 4.02. The van der Waals surface area contributed by atoms with Crippen molar-refractivity contribution in [1.29, 1.82) is 0 Å². The minimum atomic E-state index is -0.0192. The summed E-state index contributed by atoms with van der Waals surface area (Å²) in [7, 11) is 0. The third-order valence-corrected chi connectivity index (χ3v) is 2.91. The molecule has 1 atom stereocenters. The fraction of sp³-hybridized carbons (Fsp3) is 0.462. The van der Waals surface area contributed by atoms with Crippen molar-refractivity contribution in [2.45, 2.75) is 32.2 Å². The first-order valence-electron chi connectivity index (χ1n) is 5.86. The second-order valence-corrected chi connectivity index (χ2v) is 4.36. The summed E-state index contributed by atoms with van der Waals surface area (Å²) < 4.78 is 0. The lowest BCUT2D eigenvalue weighted by Gasteiger charge is -2.22. The molecule has 1 saturated heterocycles. The van der Waals surface area contributed by atoms with Gasteiger partial charge in [-0.15, -0.1) is 12.4 Å². The van der Waals surface area contributed by atoms with Gasteiger partial charge in [0, 0.05) is 5.69 Å². The molecule has 1 amide bonds. The van der Waals surface area contributed by atoms with E-state index in [1.165, 1.54) is 6.42 Å². The molecule has 1 aliphatic rings. The molecule has 4 heteroatoms. The molecule has 0 bridgehead atoms. The van der Waals surface area contributed by atoms with Gasteiger partial charge < -0.3 is 10.6 Å². The molecule has 17 heavy (non-hydrogen) atoms. The van der Waals surface area contributed by atoms with Gasteiger partial charge in [-0.25, -0.2) is 0 Å². The maximum absolute atomic E-state index is 11.9. The van der Waals surface area contributed by atoms with Gasteiger partial charge in [-0.2, -0.15) is 0 Å². The van der Waals surface area contributed by atoms with Crippen LogP contribution in [0.1, 0.15) is 24.8 Å². The maximum Gasteiger partial charge on any atom is 0.241 e. The van der Waals surface area contributed by atoms with Crippen LogP contribution in [-0.2, 0) is 4.79 Å². The lowest BCUT2D eigenvalue weighted by atomic mass is 10.0. The summed E-state index contributed by atoms with van der Waals surface area (Å²) in [5.41, 5.74) is 2.05. The van der Waals surface area contributed by atoms with Crippen LogP contribution in [0.2, 0.25) is 0 Å². The van der Waals surface area contributed by atoms with Crippen molar-refractivity contribution in [1.82, 2.24) is 5.32 Å². The number of halogens is 1. The van der Waals surface area contributed by atoms with Gasteiger partial charge in [-0.05, 0) is 44.0 Å². The van der Waals surface area contributed by atoms with Crippen LogP contribution in [0, 0.1) is 6.92 Å². The molecule has 0 aromatic heterocycles. The van der Waals surface area contributed by atoms with Gasteiger partial charge >= 0.3 is 0 Å². The molecule has 2 N–H and O–H groups in total. The first-order valence-corrected chi connectivity index (χ1v) is 5.86. The van der Waals surface area contributed by atoms with Crippen molar-refractivity contribution < 1.29 is 4.79 Å². The van der Waals surface area contributed by atoms with E-state index in [1.807, 2.05) is 31.2 Å². The largest absolute Gasteiger partial charge is 0.325 e. The SMILES string of the molecule is Cc1cccc(NC(=O)[C@H]2CCCCN2)c1.Cl. The summed E-state index contributed by atoms with van der Waals surface area (Å²) >= 11 is 0. The number of aryl methyl sites for hydroxylation is 1. The molecule has 1 aromatic carbocycles. The molecule has 0 saturated carbocycles. The van der Waals surface area contributed by atoms with Crippen LogP contribution in [0.4, 0.5) is 5.69 Å². The van der Waals surface area contributed by atoms with E-state index in [9.17, 15) is 4.79 Å². The molecular formula is C13H19ClN2O. The Hall–Kier alpha value is -1.06. The Morgan fingerprint density at radius 2 is 2.24 bits per heavy atom. The number of rotatable bonds is 2. The quantitative estimate of drug-likeness (QED) is 0.852. The fourth-order valence-corrected chi connectivity index (χ4v) is 2.03. The Labute approximate surface area is 108 Å². The number of carbonyl (C=O) groups excluding carboxylic acids is 1. The molecule has 1 aliphatic heterocycles. The molecule has 1 fully saturated rings. The van der Waals surface area contributed by atoms with E-state index in [2.05, 4.69) is 10.6 Å². The summed E-state index contributed by atoms with van der Waals surface area (Å²) in [6, 6.07) is 7.87. The topological polar surface area (TPSA) is 41.1 Å². The lowest BCUT2D eigenvalue weighted by molar-refractivity contribution is -0.118. The highest BCUT2D eigenvalue weighted by Crippen LogP contribution is 2.12. The van der Waals surface area contributed by atoms with Crippen molar-refractivity contribution in [2.75, 3.05) is 11.9 Å². The second kappa shape index (κ2) is 6.62. The van der Waals surface area contributed by atoms with Crippen LogP contribution in [0.25, 0.3) is 0 Å². The van der Waals surface area contributed by atoms with E-state index in [4.69, 9.17) is 0 Å². The minimum absolute atomic E-state index is 0. The minimum Gasteiger partial charge on any atom is -0.325 e. The maximum atomic E-state index is 11.9. The van der Waals surface area contributed by atoms with E-state index in [0.717, 1.165) is 30.6 Å². The fourth-order valence-electron chi connectivity index (χ4n) is 2.03. The van der Waals surface area contributed by atoms with Crippen molar-refractivity contribution in [3.63, 3.8) is 0 Å². The first-order chi connectivity index (χ1) is 7.75. The average molecular weight is 255 g/mol. The van der Waals surface area contributed by atoms with E-state index >= 15 is 0 Å². The van der Waals surface area contributed by atoms with Crippen molar-refractivity contribution >= 4 is 24.0 Å². The number of nitrogens with one attached hydrogen (secondary N) is 2. The summed E-state index contributed by atoms with van der Waals surface area (Å²) in [4.78, 5) is 11.9. The molecule has 0 unspecified atom stereocenters. The van der Waals surface area contributed by atoms with Crippen molar-refractivity contribution in [3.05, 3.63) is 29.8 Å². The monoisotopic (exact) mass is 254 g/mol. The molecule has 3 nitrogen and oxygen atoms in total. The summed E-state index contributed by atoms with van der Waals surface area (Å²) in [5.74, 6) is 0.0882. The third-order valence-electron chi connectivity index (χ3n) is 2.91. The predicted molar refractivity (Wildman–Crippen MR) is 72.7 cm³/mol. The summed E-state index contributed by atoms with van der Waals surface area (Å²) in [6.07, 6.45) is 3.25. The number of amides is 1. The lowest BCUT2D eigenvalue weighted by Crippen LogP contribution is -2.43. The molecule has 0 spiro atoms. The van der Waals surface area contributed by atoms with Crippen molar-refractivity contribution in [2.24, 2.45) is 0 Å². The van der Waals surface area contributed by atoms with Crippen LogP contribution in [0.5, 0.6) is 0 Å².